The monoisotopic (exact) mass is 621 g/mol. The van der Waals surface area contributed by atoms with E-state index in [2.05, 4.69) is 54.3 Å². The third-order valence-electron chi connectivity index (χ3n) is 8.10. The van der Waals surface area contributed by atoms with E-state index in [0.29, 0.717) is 28.5 Å². The van der Waals surface area contributed by atoms with Crippen LogP contribution in [0.25, 0.3) is 39.5 Å². The molecule has 1 aliphatic rings. The molecule has 12 heteroatoms. The Morgan fingerprint density at radius 2 is 1.74 bits per heavy atom. The lowest BCUT2D eigenvalue weighted by Gasteiger charge is -2.35. The maximum absolute atomic E-state index is 11.7. The van der Waals surface area contributed by atoms with Gasteiger partial charge in [-0.1, -0.05) is 24.3 Å². The van der Waals surface area contributed by atoms with Crippen LogP contribution in [0.4, 0.5) is 17.3 Å². The minimum atomic E-state index is -0.134. The van der Waals surface area contributed by atoms with Gasteiger partial charge in [-0.3, -0.25) is 14.3 Å². The Kier molecular flexibility index (Phi) is 7.95. The number of anilines is 3. The van der Waals surface area contributed by atoms with Gasteiger partial charge in [-0.25, -0.2) is 24.9 Å². The van der Waals surface area contributed by atoms with E-state index in [-0.39, 0.29) is 11.7 Å². The maximum atomic E-state index is 11.7. The number of nitrogen functional groups attached to an aromatic ring is 1. The Morgan fingerprint density at radius 1 is 0.915 bits per heavy atom. The maximum Gasteiger partial charge on any atom is 0.234 e. The van der Waals surface area contributed by atoms with Gasteiger partial charge < -0.3 is 16.0 Å². The number of fused-ring (bicyclic) bond motifs is 1. The molecular formula is C35H31N11O. The van der Waals surface area contributed by atoms with Gasteiger partial charge in [-0.2, -0.15) is 5.26 Å². The topological polar surface area (TPSA) is 155 Å². The van der Waals surface area contributed by atoms with Crippen LogP contribution in [0.2, 0.25) is 0 Å². The predicted molar refractivity (Wildman–Crippen MR) is 180 cm³/mol. The number of carbonyl (C=O) groups excluding carboxylic acids is 1. The summed E-state index contributed by atoms with van der Waals surface area (Å²) in [5.74, 6) is 1.87. The van der Waals surface area contributed by atoms with E-state index in [0.717, 1.165) is 61.0 Å². The molecule has 1 amide bonds. The molecule has 0 atom stereocenters. The van der Waals surface area contributed by atoms with Crippen LogP contribution in [0, 0.1) is 11.3 Å². The van der Waals surface area contributed by atoms with Crippen LogP contribution in [-0.2, 0) is 11.3 Å². The molecule has 3 N–H and O–H groups in total. The zero-order valence-corrected chi connectivity index (χ0v) is 25.7. The van der Waals surface area contributed by atoms with Crippen LogP contribution < -0.4 is 16.0 Å². The van der Waals surface area contributed by atoms with Crippen molar-refractivity contribution in [2.75, 3.05) is 42.1 Å². The molecule has 0 aliphatic carbocycles. The number of imidazole rings is 1. The fraction of sp³-hybridized carbons (Fsp3) is 0.171. The molecule has 0 spiro atoms. The van der Waals surface area contributed by atoms with Gasteiger partial charge in [0.2, 0.25) is 11.7 Å². The lowest BCUT2D eigenvalue weighted by molar-refractivity contribution is -0.114. The number of aromatic nitrogens is 6. The van der Waals surface area contributed by atoms with Crippen molar-refractivity contribution < 1.29 is 4.79 Å². The number of hydrogen-bond acceptors (Lipinski definition) is 10. The largest absolute Gasteiger partial charge is 0.383 e. The number of hydrogen-bond donors (Lipinski definition) is 2. The van der Waals surface area contributed by atoms with Crippen molar-refractivity contribution in [2.45, 2.75) is 13.5 Å². The molecule has 232 valence electrons. The summed E-state index contributed by atoms with van der Waals surface area (Å²) in [6, 6.07) is 27.5. The van der Waals surface area contributed by atoms with E-state index in [4.69, 9.17) is 21.0 Å². The first-order chi connectivity index (χ1) is 22.9. The van der Waals surface area contributed by atoms with Gasteiger partial charge in [0.15, 0.2) is 11.5 Å². The van der Waals surface area contributed by atoms with Crippen molar-refractivity contribution in [3.05, 3.63) is 103 Å². The Labute approximate surface area is 271 Å². The number of nitrogens with one attached hydrogen (secondary N) is 1. The highest BCUT2D eigenvalue weighted by Gasteiger charge is 2.21. The fourth-order valence-corrected chi connectivity index (χ4v) is 5.83. The van der Waals surface area contributed by atoms with Gasteiger partial charge in [0.05, 0.1) is 11.3 Å². The number of nitrogens with zero attached hydrogens (tertiary/aromatic N) is 9. The van der Waals surface area contributed by atoms with Crippen LogP contribution >= 0.6 is 0 Å². The Balaban J connectivity index is 1.18. The zero-order chi connectivity index (χ0) is 32.3. The van der Waals surface area contributed by atoms with Crippen molar-refractivity contribution >= 4 is 34.4 Å². The van der Waals surface area contributed by atoms with Gasteiger partial charge in [-0.05, 0) is 60.2 Å². The standard InChI is InChI=1S/C35H31N11O/c1-23(47)40-26-5-2-4-25(20-26)29-11-12-30-35(41-29)46(34(42-30)28-6-3-14-39-33(28)37)27-9-7-24(8-10-27)22-44-16-18-45(19-17-44)32-13-15-38-31(21-36)43-32/h2-15,20H,16-19,22H2,1H3,(H2,37,39)(H,40,47). The second kappa shape index (κ2) is 12.7. The van der Waals surface area contributed by atoms with E-state index < -0.39 is 0 Å². The Hall–Kier alpha value is -6.19. The van der Waals surface area contributed by atoms with E-state index in [1.807, 2.05) is 65.2 Å². The first-order valence-corrected chi connectivity index (χ1v) is 15.2. The molecule has 0 radical (unpaired) electrons. The molecule has 1 fully saturated rings. The SMILES string of the molecule is CC(=O)Nc1cccc(-c2ccc3nc(-c4cccnc4N)n(-c4ccc(CN5CCN(c6ccnc(C#N)n6)CC5)cc4)c3n2)c1. The smallest absolute Gasteiger partial charge is 0.234 e. The molecule has 2 aromatic carbocycles. The van der Waals surface area contributed by atoms with Crippen LogP contribution in [-0.4, -0.2) is 66.5 Å². The van der Waals surface area contributed by atoms with Gasteiger partial charge in [0.1, 0.15) is 23.2 Å². The van der Waals surface area contributed by atoms with Gasteiger partial charge in [-0.15, -0.1) is 0 Å². The molecule has 12 nitrogen and oxygen atoms in total. The Morgan fingerprint density at radius 3 is 2.51 bits per heavy atom. The zero-order valence-electron chi connectivity index (χ0n) is 25.7. The molecule has 6 aromatic rings. The average molecular weight is 622 g/mol. The van der Waals surface area contributed by atoms with Crippen LogP contribution in [0.1, 0.15) is 18.3 Å². The highest BCUT2D eigenvalue weighted by Crippen LogP contribution is 2.32. The molecule has 7 rings (SSSR count). The molecule has 1 saturated heterocycles. The van der Waals surface area contributed by atoms with Crippen LogP contribution in [0.5, 0.6) is 0 Å². The summed E-state index contributed by atoms with van der Waals surface area (Å²) in [5, 5.41) is 12.0. The number of carbonyl (C=O) groups is 1. The lowest BCUT2D eigenvalue weighted by atomic mass is 10.1. The summed E-state index contributed by atoms with van der Waals surface area (Å²) in [7, 11) is 0. The fourth-order valence-electron chi connectivity index (χ4n) is 5.83. The van der Waals surface area contributed by atoms with Crippen molar-refractivity contribution in [3.8, 4) is 34.4 Å². The molecule has 1 aliphatic heterocycles. The second-order valence-electron chi connectivity index (χ2n) is 11.3. The summed E-state index contributed by atoms with van der Waals surface area (Å²) in [5.41, 5.74) is 12.9. The first-order valence-electron chi connectivity index (χ1n) is 15.2. The number of nitrogens with two attached hydrogens (primary N) is 1. The van der Waals surface area contributed by atoms with Crippen LogP contribution in [0.15, 0.2) is 91.3 Å². The number of nitriles is 1. The number of amides is 1. The number of benzene rings is 2. The normalized spacial score (nSPS) is 13.4. The summed E-state index contributed by atoms with van der Waals surface area (Å²) < 4.78 is 2.02. The minimum absolute atomic E-state index is 0.134. The second-order valence-corrected chi connectivity index (χ2v) is 11.3. The number of pyridine rings is 2. The summed E-state index contributed by atoms with van der Waals surface area (Å²) >= 11 is 0. The van der Waals surface area contributed by atoms with E-state index >= 15 is 0 Å². The molecule has 5 heterocycles. The average Bonchev–Trinajstić information content (AvgIpc) is 3.47. The summed E-state index contributed by atoms with van der Waals surface area (Å²) in [6.45, 7) is 5.68. The van der Waals surface area contributed by atoms with Crippen molar-refractivity contribution in [1.29, 1.82) is 5.26 Å². The summed E-state index contributed by atoms with van der Waals surface area (Å²) in [6.07, 6.45) is 3.30. The quantitative estimate of drug-likeness (QED) is 0.257. The molecule has 47 heavy (non-hydrogen) atoms. The molecule has 4 aromatic heterocycles. The van der Waals surface area contributed by atoms with Gasteiger partial charge in [0, 0.05) is 69.0 Å². The van der Waals surface area contributed by atoms with Crippen molar-refractivity contribution in [3.63, 3.8) is 0 Å². The molecule has 0 unspecified atom stereocenters. The third-order valence-corrected chi connectivity index (χ3v) is 8.10. The number of piperazine rings is 1. The Bertz CT molecular complexity index is 2130. The molecule has 0 bridgehead atoms. The molecular weight excluding hydrogens is 590 g/mol. The van der Waals surface area contributed by atoms with Crippen molar-refractivity contribution in [2.24, 2.45) is 0 Å². The summed E-state index contributed by atoms with van der Waals surface area (Å²) in [4.78, 5) is 38.9. The highest BCUT2D eigenvalue weighted by molar-refractivity contribution is 5.90. The van der Waals surface area contributed by atoms with Crippen LogP contribution in [0.3, 0.4) is 0 Å². The third kappa shape index (κ3) is 6.20. The van der Waals surface area contributed by atoms with Crippen molar-refractivity contribution in [1.82, 2.24) is 34.4 Å². The minimum Gasteiger partial charge on any atom is -0.383 e. The first kappa shape index (κ1) is 29.5. The number of rotatable bonds is 7. The highest BCUT2D eigenvalue weighted by atomic mass is 16.1. The van der Waals surface area contributed by atoms with E-state index in [9.17, 15) is 4.79 Å². The predicted octanol–water partition coefficient (Wildman–Crippen LogP) is 4.67. The lowest BCUT2D eigenvalue weighted by Crippen LogP contribution is -2.46. The van der Waals surface area contributed by atoms with Gasteiger partial charge in [0.25, 0.3) is 0 Å². The van der Waals surface area contributed by atoms with E-state index in [1.54, 1.807) is 12.4 Å². The van der Waals surface area contributed by atoms with Gasteiger partial charge >= 0.3 is 0 Å². The molecule has 0 saturated carbocycles. The van der Waals surface area contributed by atoms with E-state index in [1.165, 1.54) is 12.5 Å².